The van der Waals surface area contributed by atoms with Crippen LogP contribution >= 0.6 is 0 Å². The van der Waals surface area contributed by atoms with E-state index in [4.69, 9.17) is 9.47 Å². The Hall–Kier alpha value is -2.56. The summed E-state index contributed by atoms with van der Waals surface area (Å²) in [6.07, 6.45) is 4.73. The van der Waals surface area contributed by atoms with Crippen LogP contribution in [0.4, 0.5) is 0 Å². The Morgan fingerprint density at radius 2 is 1.91 bits per heavy atom. The maximum atomic E-state index is 12.6. The van der Waals surface area contributed by atoms with Gasteiger partial charge in [-0.1, -0.05) is 6.07 Å². The number of carbonyl (C=O) groups excluding carboxylic acids is 1. The Bertz CT molecular complexity index is 701. The van der Waals surface area contributed by atoms with Crippen molar-refractivity contribution in [2.75, 3.05) is 20.8 Å². The van der Waals surface area contributed by atoms with Gasteiger partial charge in [0.05, 0.1) is 20.6 Å². The zero-order chi connectivity index (χ0) is 16.2. The van der Waals surface area contributed by atoms with Crippen LogP contribution in [-0.4, -0.2) is 36.6 Å². The van der Waals surface area contributed by atoms with Crippen LogP contribution in [0.1, 0.15) is 16.7 Å². The molecule has 5 heteroatoms. The first kappa shape index (κ1) is 15.3. The number of nitrogens with zero attached hydrogens (tertiary/aromatic N) is 2. The highest BCUT2D eigenvalue weighted by atomic mass is 16.5. The average molecular weight is 312 g/mol. The minimum Gasteiger partial charge on any atom is -0.493 e. The van der Waals surface area contributed by atoms with Crippen molar-refractivity contribution in [1.82, 2.24) is 9.88 Å². The van der Waals surface area contributed by atoms with Gasteiger partial charge in [0, 0.05) is 25.5 Å². The van der Waals surface area contributed by atoms with E-state index < -0.39 is 0 Å². The number of amides is 1. The summed E-state index contributed by atoms with van der Waals surface area (Å²) in [5, 5.41) is 0. The van der Waals surface area contributed by atoms with Crippen molar-refractivity contribution in [3.05, 3.63) is 53.3 Å². The minimum absolute atomic E-state index is 0.125. The fourth-order valence-electron chi connectivity index (χ4n) is 2.89. The lowest BCUT2D eigenvalue weighted by molar-refractivity contribution is -0.130. The van der Waals surface area contributed by atoms with Crippen LogP contribution in [0, 0.1) is 0 Å². The molecular formula is C18H20N2O3. The molecule has 0 N–H and O–H groups in total. The van der Waals surface area contributed by atoms with Crippen molar-refractivity contribution in [3.8, 4) is 11.5 Å². The van der Waals surface area contributed by atoms with Crippen molar-refractivity contribution in [1.29, 1.82) is 0 Å². The molecule has 0 fully saturated rings. The smallest absolute Gasteiger partial charge is 0.227 e. The maximum absolute atomic E-state index is 12.6. The molecule has 0 atom stereocenters. The van der Waals surface area contributed by atoms with Gasteiger partial charge in [-0.25, -0.2) is 0 Å². The lowest BCUT2D eigenvalue weighted by atomic mass is 10.0. The van der Waals surface area contributed by atoms with E-state index in [1.165, 1.54) is 0 Å². The molecule has 2 heterocycles. The van der Waals surface area contributed by atoms with E-state index >= 15 is 0 Å². The van der Waals surface area contributed by atoms with Gasteiger partial charge < -0.3 is 14.4 Å². The van der Waals surface area contributed by atoms with Crippen molar-refractivity contribution in [3.63, 3.8) is 0 Å². The quantitative estimate of drug-likeness (QED) is 0.869. The second-order valence-electron chi connectivity index (χ2n) is 5.58. The topological polar surface area (TPSA) is 51.7 Å². The lowest BCUT2D eigenvalue weighted by Crippen LogP contribution is -2.31. The van der Waals surface area contributed by atoms with Crippen LogP contribution < -0.4 is 9.47 Å². The van der Waals surface area contributed by atoms with Gasteiger partial charge in [-0.15, -0.1) is 0 Å². The molecule has 5 nitrogen and oxygen atoms in total. The normalized spacial score (nSPS) is 14.2. The van der Waals surface area contributed by atoms with Crippen LogP contribution in [0.3, 0.4) is 0 Å². The molecule has 120 valence electrons. The Kier molecular flexibility index (Phi) is 4.46. The van der Waals surface area contributed by atoms with Crippen LogP contribution in [0.15, 0.2) is 36.7 Å². The van der Waals surface area contributed by atoms with E-state index in [2.05, 4.69) is 4.98 Å². The number of rotatable bonds is 4. The summed E-state index contributed by atoms with van der Waals surface area (Å²) in [6.45, 7) is 1.28. The molecule has 1 amide bonds. The van der Waals surface area contributed by atoms with Gasteiger partial charge in [0.25, 0.3) is 0 Å². The maximum Gasteiger partial charge on any atom is 0.227 e. The fourth-order valence-corrected chi connectivity index (χ4v) is 2.89. The van der Waals surface area contributed by atoms with E-state index in [0.29, 0.717) is 31.0 Å². The number of pyridine rings is 1. The summed E-state index contributed by atoms with van der Waals surface area (Å²) >= 11 is 0. The van der Waals surface area contributed by atoms with Crippen molar-refractivity contribution in [2.45, 2.75) is 19.4 Å². The number of fused-ring (bicyclic) bond motifs is 1. The molecule has 1 aliphatic heterocycles. The van der Waals surface area contributed by atoms with Crippen LogP contribution in [0.25, 0.3) is 0 Å². The molecule has 0 saturated heterocycles. The number of hydrogen-bond donors (Lipinski definition) is 0. The summed E-state index contributed by atoms with van der Waals surface area (Å²) in [6, 6.07) is 7.78. The molecule has 2 aromatic rings. The Morgan fingerprint density at radius 3 is 2.57 bits per heavy atom. The summed E-state index contributed by atoms with van der Waals surface area (Å²) in [5.41, 5.74) is 3.20. The highest BCUT2D eigenvalue weighted by Crippen LogP contribution is 2.32. The highest BCUT2D eigenvalue weighted by molar-refractivity contribution is 5.80. The third kappa shape index (κ3) is 3.28. The number of ether oxygens (including phenoxy) is 2. The Labute approximate surface area is 135 Å². The lowest BCUT2D eigenvalue weighted by Gasteiger charge is -2.20. The van der Waals surface area contributed by atoms with Gasteiger partial charge in [-0.2, -0.15) is 0 Å². The summed E-state index contributed by atoms with van der Waals surface area (Å²) < 4.78 is 10.7. The van der Waals surface area contributed by atoms with Gasteiger partial charge in [0.2, 0.25) is 5.91 Å². The summed E-state index contributed by atoms with van der Waals surface area (Å²) in [5.74, 6) is 1.50. The van der Waals surface area contributed by atoms with Gasteiger partial charge >= 0.3 is 0 Å². The van der Waals surface area contributed by atoms with Crippen molar-refractivity contribution in [2.24, 2.45) is 0 Å². The second-order valence-corrected chi connectivity index (χ2v) is 5.58. The predicted molar refractivity (Wildman–Crippen MR) is 86.6 cm³/mol. The number of hydrogen-bond acceptors (Lipinski definition) is 4. The van der Waals surface area contributed by atoms with Gasteiger partial charge in [0.15, 0.2) is 11.5 Å². The first-order chi connectivity index (χ1) is 11.2. The molecule has 0 aliphatic carbocycles. The largest absolute Gasteiger partial charge is 0.493 e. The average Bonchev–Trinajstić information content (AvgIpc) is 2.73. The number of benzene rings is 1. The minimum atomic E-state index is 0.125. The molecule has 1 aromatic carbocycles. The molecule has 0 unspecified atom stereocenters. The van der Waals surface area contributed by atoms with Gasteiger partial charge in [-0.05, 0) is 41.3 Å². The zero-order valence-electron chi connectivity index (χ0n) is 13.4. The van der Waals surface area contributed by atoms with E-state index in [0.717, 1.165) is 23.1 Å². The number of methoxy groups -OCH3 is 2. The zero-order valence-corrected chi connectivity index (χ0v) is 13.4. The Balaban J connectivity index is 1.83. The third-order valence-electron chi connectivity index (χ3n) is 4.15. The van der Waals surface area contributed by atoms with Crippen molar-refractivity contribution >= 4 is 5.91 Å². The van der Waals surface area contributed by atoms with Crippen LogP contribution in [-0.2, 0) is 24.2 Å². The fraction of sp³-hybridized carbons (Fsp3) is 0.333. The summed E-state index contributed by atoms with van der Waals surface area (Å²) in [7, 11) is 3.23. The standard InChI is InChI=1S/C18H20N2O3/c1-22-16-8-14-5-7-20(12-13-4-3-6-19-11-13)18(21)10-15(14)9-17(16)23-2/h3-4,6,8-9,11H,5,7,10,12H2,1-2H3. The van der Waals surface area contributed by atoms with Crippen LogP contribution in [0.2, 0.25) is 0 Å². The van der Waals surface area contributed by atoms with Crippen LogP contribution in [0.5, 0.6) is 11.5 Å². The number of aromatic nitrogens is 1. The van der Waals surface area contributed by atoms with E-state index in [1.807, 2.05) is 29.2 Å². The van der Waals surface area contributed by atoms with Crippen molar-refractivity contribution < 1.29 is 14.3 Å². The van der Waals surface area contributed by atoms with Gasteiger partial charge in [-0.3, -0.25) is 9.78 Å². The SMILES string of the molecule is COc1cc2c(cc1OC)CC(=O)N(Cc1cccnc1)CC2. The van der Waals surface area contributed by atoms with Gasteiger partial charge in [0.1, 0.15) is 0 Å². The molecule has 0 bridgehead atoms. The highest BCUT2D eigenvalue weighted by Gasteiger charge is 2.22. The number of carbonyl (C=O) groups is 1. The second kappa shape index (κ2) is 6.69. The first-order valence-corrected chi connectivity index (χ1v) is 7.61. The molecule has 3 rings (SSSR count). The molecule has 1 aromatic heterocycles. The third-order valence-corrected chi connectivity index (χ3v) is 4.15. The molecule has 0 saturated carbocycles. The monoisotopic (exact) mass is 312 g/mol. The van der Waals surface area contributed by atoms with E-state index in [9.17, 15) is 4.79 Å². The molecule has 0 spiro atoms. The summed E-state index contributed by atoms with van der Waals surface area (Å²) in [4.78, 5) is 18.6. The van der Waals surface area contributed by atoms with E-state index in [-0.39, 0.29) is 5.91 Å². The molecule has 23 heavy (non-hydrogen) atoms. The Morgan fingerprint density at radius 1 is 1.17 bits per heavy atom. The first-order valence-electron chi connectivity index (χ1n) is 7.61. The molecule has 0 radical (unpaired) electrons. The predicted octanol–water partition coefficient (Wildman–Crippen LogP) is 2.23. The molecular weight excluding hydrogens is 292 g/mol. The molecule has 1 aliphatic rings. The van der Waals surface area contributed by atoms with E-state index in [1.54, 1.807) is 26.6 Å².